The predicted molar refractivity (Wildman–Crippen MR) is 115 cm³/mol. The van der Waals surface area contributed by atoms with Crippen molar-refractivity contribution in [3.8, 4) is 0 Å². The van der Waals surface area contributed by atoms with E-state index in [1.165, 1.54) is 35.7 Å². The van der Waals surface area contributed by atoms with Gasteiger partial charge in [0.2, 0.25) is 21.5 Å². The molecule has 0 spiro atoms. The highest BCUT2D eigenvalue weighted by molar-refractivity contribution is 7.89. The van der Waals surface area contributed by atoms with Crippen LogP contribution in [0.4, 0.5) is 18.9 Å². The number of benzene rings is 1. The van der Waals surface area contributed by atoms with E-state index in [9.17, 15) is 31.5 Å². The summed E-state index contributed by atoms with van der Waals surface area (Å²) in [5.74, 6) is -1.86. The Morgan fingerprint density at radius 1 is 1.18 bits per heavy atom. The van der Waals surface area contributed by atoms with Crippen LogP contribution in [0.5, 0.6) is 0 Å². The van der Waals surface area contributed by atoms with Crippen LogP contribution < -0.4 is 5.32 Å². The standard InChI is InChI=1S/C21H27F3N4O4S/c1-15-7-8-16(13-17(15)33(31,32)28-10-5-3-4-6-11-28)26-18(29)14-20(30,21(22,23)24)19-25-9-12-27(19)2/h7-9,12-13,30H,3-6,10-11,14H2,1-2H3,(H,26,29). The number of sulfonamides is 1. The lowest BCUT2D eigenvalue weighted by Gasteiger charge is -2.29. The molecule has 0 radical (unpaired) electrons. The molecular weight excluding hydrogens is 461 g/mol. The van der Waals surface area contributed by atoms with Crippen molar-refractivity contribution in [3.05, 3.63) is 42.0 Å². The van der Waals surface area contributed by atoms with Gasteiger partial charge >= 0.3 is 6.18 Å². The highest BCUT2D eigenvalue weighted by Crippen LogP contribution is 2.41. The van der Waals surface area contributed by atoms with Crippen LogP contribution in [0.1, 0.15) is 43.5 Å². The smallest absolute Gasteiger partial charge is 0.374 e. The molecule has 12 heteroatoms. The summed E-state index contributed by atoms with van der Waals surface area (Å²) in [7, 11) is -2.56. The normalized spacial score (nSPS) is 17.9. The third-order valence-electron chi connectivity index (χ3n) is 5.73. The van der Waals surface area contributed by atoms with Crippen molar-refractivity contribution < 1.29 is 31.5 Å². The zero-order valence-corrected chi connectivity index (χ0v) is 19.2. The number of hydrogen-bond donors (Lipinski definition) is 2. The fraction of sp³-hybridized carbons (Fsp3) is 0.524. The van der Waals surface area contributed by atoms with E-state index in [-0.39, 0.29) is 10.6 Å². The van der Waals surface area contributed by atoms with Crippen molar-refractivity contribution in [2.45, 2.75) is 55.7 Å². The van der Waals surface area contributed by atoms with Gasteiger partial charge in [-0.05, 0) is 37.5 Å². The SMILES string of the molecule is Cc1ccc(NC(=O)CC(O)(c2nccn2C)C(F)(F)F)cc1S(=O)(=O)N1CCCCCC1. The minimum atomic E-state index is -5.17. The number of anilines is 1. The Labute approximate surface area is 190 Å². The van der Waals surface area contributed by atoms with Crippen molar-refractivity contribution >= 4 is 21.6 Å². The zero-order valence-electron chi connectivity index (χ0n) is 18.4. The second kappa shape index (κ2) is 9.43. The average molecular weight is 489 g/mol. The summed E-state index contributed by atoms with van der Waals surface area (Å²) in [6.45, 7) is 2.39. The van der Waals surface area contributed by atoms with Crippen LogP contribution in [-0.2, 0) is 27.5 Å². The minimum absolute atomic E-state index is 0.0163. The molecule has 1 fully saturated rings. The summed E-state index contributed by atoms with van der Waals surface area (Å²) in [6, 6.07) is 4.12. The summed E-state index contributed by atoms with van der Waals surface area (Å²) < 4.78 is 69.8. The number of carbonyl (C=O) groups is 1. The molecular formula is C21H27F3N4O4S. The molecule has 1 aromatic heterocycles. The number of aromatic nitrogens is 2. The first-order valence-corrected chi connectivity index (χ1v) is 12.0. The number of amides is 1. The Morgan fingerprint density at radius 2 is 1.82 bits per heavy atom. The molecule has 2 aromatic rings. The van der Waals surface area contributed by atoms with Crippen LogP contribution in [0.15, 0.2) is 35.5 Å². The van der Waals surface area contributed by atoms with E-state index < -0.39 is 40.0 Å². The summed E-state index contributed by atoms with van der Waals surface area (Å²) >= 11 is 0. The molecule has 0 aliphatic carbocycles. The average Bonchev–Trinajstić information content (AvgIpc) is 2.97. The Bertz CT molecular complexity index is 1110. The maximum Gasteiger partial charge on any atom is 0.425 e. The first-order chi connectivity index (χ1) is 15.4. The van der Waals surface area contributed by atoms with E-state index in [0.29, 0.717) is 18.7 Å². The molecule has 8 nitrogen and oxygen atoms in total. The van der Waals surface area contributed by atoms with E-state index >= 15 is 0 Å². The lowest BCUT2D eigenvalue weighted by molar-refractivity contribution is -0.270. The zero-order chi connectivity index (χ0) is 24.4. The van der Waals surface area contributed by atoms with Crippen molar-refractivity contribution in [2.24, 2.45) is 7.05 Å². The van der Waals surface area contributed by atoms with Gasteiger partial charge in [0, 0.05) is 38.2 Å². The predicted octanol–water partition coefficient (Wildman–Crippen LogP) is 3.07. The van der Waals surface area contributed by atoms with Crippen LogP contribution >= 0.6 is 0 Å². The Kier molecular flexibility index (Phi) is 7.20. The largest absolute Gasteiger partial charge is 0.425 e. The maximum absolute atomic E-state index is 13.7. The molecule has 1 amide bonds. The summed E-state index contributed by atoms with van der Waals surface area (Å²) in [5, 5.41) is 12.7. The van der Waals surface area contributed by atoms with E-state index in [4.69, 9.17) is 0 Å². The molecule has 0 bridgehead atoms. The molecule has 1 aromatic carbocycles. The van der Waals surface area contributed by atoms with E-state index in [2.05, 4.69) is 10.3 Å². The number of rotatable bonds is 6. The molecule has 33 heavy (non-hydrogen) atoms. The molecule has 1 aliphatic rings. The number of imidazole rings is 1. The maximum atomic E-state index is 13.7. The minimum Gasteiger partial charge on any atom is -0.374 e. The number of halogens is 3. The van der Waals surface area contributed by atoms with Crippen molar-refractivity contribution in [1.82, 2.24) is 13.9 Å². The molecule has 0 saturated carbocycles. The highest BCUT2D eigenvalue weighted by Gasteiger charge is 2.58. The molecule has 3 rings (SSSR count). The van der Waals surface area contributed by atoms with Gasteiger partial charge in [-0.1, -0.05) is 18.9 Å². The quantitative estimate of drug-likeness (QED) is 0.650. The number of carbonyl (C=O) groups excluding carboxylic acids is 1. The van der Waals surface area contributed by atoms with E-state index in [0.717, 1.165) is 36.4 Å². The van der Waals surface area contributed by atoms with Crippen molar-refractivity contribution in [3.63, 3.8) is 0 Å². The fourth-order valence-corrected chi connectivity index (χ4v) is 5.65. The molecule has 1 aliphatic heterocycles. The Hall–Kier alpha value is -2.44. The van der Waals surface area contributed by atoms with Gasteiger partial charge in [0.15, 0.2) is 5.82 Å². The van der Waals surface area contributed by atoms with Crippen LogP contribution in [0.25, 0.3) is 0 Å². The molecule has 1 atom stereocenters. The number of aryl methyl sites for hydroxylation is 2. The second-order valence-corrected chi connectivity index (χ2v) is 10.1. The summed E-state index contributed by atoms with van der Waals surface area (Å²) in [5.41, 5.74) is -3.04. The van der Waals surface area contributed by atoms with Gasteiger partial charge in [0.25, 0.3) is 0 Å². The van der Waals surface area contributed by atoms with Crippen LogP contribution in [-0.4, -0.2) is 52.6 Å². The van der Waals surface area contributed by atoms with Crippen LogP contribution in [0.2, 0.25) is 0 Å². The van der Waals surface area contributed by atoms with Gasteiger partial charge in [0.1, 0.15) is 0 Å². The molecule has 2 heterocycles. The fourth-order valence-electron chi connectivity index (χ4n) is 3.88. The molecule has 2 N–H and O–H groups in total. The summed E-state index contributed by atoms with van der Waals surface area (Å²) in [6.07, 6.45) is -0.816. The topological polar surface area (TPSA) is 105 Å². The van der Waals surface area contributed by atoms with Crippen molar-refractivity contribution in [1.29, 1.82) is 0 Å². The van der Waals surface area contributed by atoms with Gasteiger partial charge in [-0.25, -0.2) is 13.4 Å². The Balaban J connectivity index is 1.85. The number of alkyl halides is 3. The lowest BCUT2D eigenvalue weighted by Crippen LogP contribution is -2.46. The number of aliphatic hydroxyl groups is 1. The number of nitrogens with one attached hydrogen (secondary N) is 1. The third kappa shape index (κ3) is 5.22. The molecule has 1 unspecified atom stereocenters. The lowest BCUT2D eigenvalue weighted by atomic mass is 9.97. The van der Waals surface area contributed by atoms with E-state index in [1.54, 1.807) is 6.92 Å². The van der Waals surface area contributed by atoms with Gasteiger partial charge in [-0.15, -0.1) is 0 Å². The van der Waals surface area contributed by atoms with Crippen molar-refractivity contribution in [2.75, 3.05) is 18.4 Å². The molecule has 182 valence electrons. The van der Waals surface area contributed by atoms with Gasteiger partial charge < -0.3 is 15.0 Å². The first kappa shape index (κ1) is 25.2. The second-order valence-electron chi connectivity index (χ2n) is 8.24. The third-order valence-corrected chi connectivity index (χ3v) is 7.77. The summed E-state index contributed by atoms with van der Waals surface area (Å²) in [4.78, 5) is 16.0. The van der Waals surface area contributed by atoms with Gasteiger partial charge in [-0.3, -0.25) is 4.79 Å². The first-order valence-electron chi connectivity index (χ1n) is 10.5. The van der Waals surface area contributed by atoms with Gasteiger partial charge in [0.05, 0.1) is 11.3 Å². The highest BCUT2D eigenvalue weighted by atomic mass is 32.2. The van der Waals surface area contributed by atoms with Crippen LogP contribution in [0.3, 0.4) is 0 Å². The number of hydrogen-bond acceptors (Lipinski definition) is 5. The van der Waals surface area contributed by atoms with Gasteiger partial charge in [-0.2, -0.15) is 17.5 Å². The molecule has 1 saturated heterocycles. The Morgan fingerprint density at radius 3 is 2.36 bits per heavy atom. The monoisotopic (exact) mass is 488 g/mol. The van der Waals surface area contributed by atoms with E-state index in [1.807, 2.05) is 0 Å². The van der Waals surface area contributed by atoms with Crippen LogP contribution in [0, 0.1) is 6.92 Å². The number of nitrogens with zero attached hydrogens (tertiary/aromatic N) is 3.